The molecule has 0 aliphatic rings. The van der Waals surface area contributed by atoms with Crippen molar-refractivity contribution in [2.75, 3.05) is 40.9 Å². The molecule has 0 rings (SSSR count). The molecule has 0 saturated carbocycles. The Hall–Kier alpha value is -2.04. The van der Waals surface area contributed by atoms with Gasteiger partial charge in [0.2, 0.25) is 0 Å². The van der Waals surface area contributed by atoms with E-state index in [0.29, 0.717) is 0 Å². The van der Waals surface area contributed by atoms with Gasteiger partial charge >= 0.3 is 17.9 Å². The summed E-state index contributed by atoms with van der Waals surface area (Å²) in [6.07, 6.45) is -0.701. The summed E-state index contributed by atoms with van der Waals surface area (Å²) in [6, 6.07) is 0. The molecule has 0 aromatic carbocycles. The molecule has 0 amide bonds. The van der Waals surface area contributed by atoms with Crippen molar-refractivity contribution in [1.82, 2.24) is 0 Å². The normalized spacial score (nSPS) is 10.2. The molecule has 1 atom stereocenters. The summed E-state index contributed by atoms with van der Waals surface area (Å²) < 4.78 is 9.69. The Morgan fingerprint density at radius 2 is 1.46 bits per heavy atom. The SMILES string of the molecule is CCC(OC(C)=O)C(=O)OC(C)=O.CCO.C[N+](C)(C)CCO.O=C[O-]. The monoisotopic (exact) mass is 383 g/mol. The van der Waals surface area contributed by atoms with Crippen LogP contribution in [0.4, 0.5) is 0 Å². The van der Waals surface area contributed by atoms with Crippen LogP contribution in [0.2, 0.25) is 0 Å². The molecule has 0 aliphatic carbocycles. The average Bonchev–Trinajstić information content (AvgIpc) is 2.44. The molecular weight excluding hydrogens is 350 g/mol. The van der Waals surface area contributed by atoms with Crippen molar-refractivity contribution in [3.63, 3.8) is 0 Å². The number of likely N-dealkylation sites (N-methyl/N-ethyl adjacent to an activating group) is 1. The lowest BCUT2D eigenvalue weighted by molar-refractivity contribution is -0.870. The number of carboxylic acid groups (broad SMARTS) is 1. The molecule has 0 spiro atoms. The Kier molecular flexibility index (Phi) is 25.6. The lowest BCUT2D eigenvalue weighted by atomic mass is 10.3. The molecule has 10 heteroatoms. The average molecular weight is 383 g/mol. The highest BCUT2D eigenvalue weighted by atomic mass is 16.6. The van der Waals surface area contributed by atoms with Crippen LogP contribution < -0.4 is 5.11 Å². The van der Waals surface area contributed by atoms with Gasteiger partial charge in [0.15, 0.2) is 6.10 Å². The zero-order chi connectivity index (χ0) is 21.8. The highest BCUT2D eigenvalue weighted by Gasteiger charge is 2.22. The van der Waals surface area contributed by atoms with Crippen LogP contribution in [0, 0.1) is 0 Å². The molecular formula is C16H33NO9. The molecule has 156 valence electrons. The molecule has 0 aromatic rings. The van der Waals surface area contributed by atoms with Crippen LogP contribution in [-0.2, 0) is 28.7 Å². The van der Waals surface area contributed by atoms with E-state index in [-0.39, 0.29) is 19.6 Å². The van der Waals surface area contributed by atoms with Gasteiger partial charge in [0, 0.05) is 26.9 Å². The lowest BCUT2D eigenvalue weighted by Crippen LogP contribution is -2.36. The summed E-state index contributed by atoms with van der Waals surface area (Å²) in [5.74, 6) is -2.12. The first-order valence-electron chi connectivity index (χ1n) is 7.83. The van der Waals surface area contributed by atoms with Gasteiger partial charge < -0.3 is 34.1 Å². The third-order valence-electron chi connectivity index (χ3n) is 1.96. The van der Waals surface area contributed by atoms with E-state index in [2.05, 4.69) is 30.6 Å². The molecule has 0 radical (unpaired) electrons. The number of aliphatic hydroxyl groups is 2. The summed E-state index contributed by atoms with van der Waals surface area (Å²) in [5, 5.41) is 24.2. The Morgan fingerprint density at radius 1 is 1.08 bits per heavy atom. The minimum absolute atomic E-state index is 0.250. The zero-order valence-electron chi connectivity index (χ0n) is 16.7. The molecule has 10 nitrogen and oxygen atoms in total. The molecule has 26 heavy (non-hydrogen) atoms. The van der Waals surface area contributed by atoms with Crippen molar-refractivity contribution in [3.8, 4) is 0 Å². The van der Waals surface area contributed by atoms with Crippen molar-refractivity contribution < 1.29 is 48.5 Å². The topological polar surface area (TPSA) is 150 Å². The van der Waals surface area contributed by atoms with Crippen LogP contribution in [0.15, 0.2) is 0 Å². The summed E-state index contributed by atoms with van der Waals surface area (Å²) in [4.78, 5) is 40.1. The van der Waals surface area contributed by atoms with Gasteiger partial charge in [-0.2, -0.15) is 0 Å². The van der Waals surface area contributed by atoms with Crippen molar-refractivity contribution in [3.05, 3.63) is 0 Å². The number of hydrogen-bond acceptors (Lipinski definition) is 9. The summed E-state index contributed by atoms with van der Waals surface area (Å²) >= 11 is 0. The first-order valence-corrected chi connectivity index (χ1v) is 7.83. The molecule has 1 unspecified atom stereocenters. The number of carbonyl (C=O) groups excluding carboxylic acids is 4. The Morgan fingerprint density at radius 3 is 1.62 bits per heavy atom. The fourth-order valence-corrected chi connectivity index (χ4v) is 1.01. The third kappa shape index (κ3) is 37.9. The molecule has 0 heterocycles. The number of carbonyl (C=O) groups is 4. The first-order chi connectivity index (χ1) is 11.9. The van der Waals surface area contributed by atoms with Gasteiger partial charge in [-0.1, -0.05) is 6.92 Å². The maximum Gasteiger partial charge on any atom is 0.355 e. The van der Waals surface area contributed by atoms with E-state index >= 15 is 0 Å². The second-order valence-corrected chi connectivity index (χ2v) is 5.57. The van der Waals surface area contributed by atoms with Gasteiger partial charge in [-0.25, -0.2) is 4.79 Å². The predicted octanol–water partition coefficient (Wildman–Crippen LogP) is -1.53. The maximum atomic E-state index is 11.0. The smallest absolute Gasteiger partial charge is 0.355 e. The van der Waals surface area contributed by atoms with Crippen LogP contribution in [0.5, 0.6) is 0 Å². The van der Waals surface area contributed by atoms with Gasteiger partial charge in [0.25, 0.3) is 0 Å². The van der Waals surface area contributed by atoms with Crippen LogP contribution >= 0.6 is 0 Å². The largest absolute Gasteiger partial charge is 0.554 e. The van der Waals surface area contributed by atoms with Crippen molar-refractivity contribution in [2.24, 2.45) is 0 Å². The standard InChI is InChI=1S/C8H12O5.C5H14NO.C2H6O.CH2O2/c1-4-7(12-5(2)9)8(11)13-6(3)10;1-6(2,3)4-5-7;1-2-3;2-1-3/h7H,4H2,1-3H3;7H,4-5H2,1-3H3;3H,2H2,1H3;1H,(H,2,3)/q;+1;;/p-1. The quantitative estimate of drug-likeness (QED) is 0.249. The highest BCUT2D eigenvalue weighted by Crippen LogP contribution is 2.01. The van der Waals surface area contributed by atoms with Crippen LogP contribution in [0.1, 0.15) is 34.1 Å². The molecule has 0 fully saturated rings. The van der Waals surface area contributed by atoms with Crippen LogP contribution in [0.25, 0.3) is 0 Å². The maximum absolute atomic E-state index is 11.0. The minimum atomic E-state index is -0.985. The number of quaternary nitrogens is 1. The number of hydrogen-bond donors (Lipinski definition) is 2. The van der Waals surface area contributed by atoms with E-state index in [1.165, 1.54) is 6.92 Å². The van der Waals surface area contributed by atoms with Gasteiger partial charge in [-0.15, -0.1) is 0 Å². The number of rotatable bonds is 5. The Balaban J connectivity index is -0.000000155. The Labute approximate surface area is 154 Å². The second kappa shape index (κ2) is 21.0. The molecule has 0 aromatic heterocycles. The molecule has 0 bridgehead atoms. The summed E-state index contributed by atoms with van der Waals surface area (Å²) in [6.45, 7) is 6.49. The van der Waals surface area contributed by atoms with Gasteiger partial charge in [-0.3, -0.25) is 9.59 Å². The minimum Gasteiger partial charge on any atom is -0.554 e. The highest BCUT2D eigenvalue weighted by molar-refractivity contribution is 5.87. The lowest BCUT2D eigenvalue weighted by Gasteiger charge is -2.21. The first kappa shape index (κ1) is 31.7. The van der Waals surface area contributed by atoms with E-state index in [0.717, 1.165) is 18.0 Å². The van der Waals surface area contributed by atoms with E-state index < -0.39 is 30.5 Å². The van der Waals surface area contributed by atoms with Crippen LogP contribution in [-0.4, -0.2) is 86.1 Å². The Bertz CT molecular complexity index is 378. The fraction of sp³-hybridized carbons (Fsp3) is 0.750. The third-order valence-corrected chi connectivity index (χ3v) is 1.96. The number of aliphatic hydroxyl groups excluding tert-OH is 2. The molecule has 0 aliphatic heterocycles. The number of esters is 3. The van der Waals surface area contributed by atoms with Crippen molar-refractivity contribution >= 4 is 24.4 Å². The number of ether oxygens (including phenoxy) is 2. The van der Waals surface area contributed by atoms with Gasteiger partial charge in [0.05, 0.1) is 27.7 Å². The van der Waals surface area contributed by atoms with Crippen LogP contribution in [0.3, 0.4) is 0 Å². The van der Waals surface area contributed by atoms with Gasteiger partial charge in [0.1, 0.15) is 6.54 Å². The second-order valence-electron chi connectivity index (χ2n) is 5.57. The number of nitrogens with zero attached hydrogens (tertiary/aromatic N) is 1. The molecule has 0 saturated heterocycles. The fourth-order valence-electron chi connectivity index (χ4n) is 1.01. The van der Waals surface area contributed by atoms with Crippen molar-refractivity contribution in [2.45, 2.75) is 40.2 Å². The summed E-state index contributed by atoms with van der Waals surface area (Å²) in [7, 11) is 6.16. The summed E-state index contributed by atoms with van der Waals surface area (Å²) in [5.41, 5.74) is 0. The van der Waals surface area contributed by atoms with Gasteiger partial charge in [-0.05, 0) is 13.3 Å². The van der Waals surface area contributed by atoms with E-state index in [4.69, 9.17) is 20.1 Å². The van der Waals surface area contributed by atoms with E-state index in [9.17, 15) is 14.4 Å². The zero-order valence-corrected chi connectivity index (χ0v) is 16.7. The van der Waals surface area contributed by atoms with Crippen molar-refractivity contribution in [1.29, 1.82) is 0 Å². The van der Waals surface area contributed by atoms with E-state index in [1.54, 1.807) is 13.8 Å². The van der Waals surface area contributed by atoms with E-state index in [1.807, 2.05) is 0 Å². The predicted molar refractivity (Wildman–Crippen MR) is 91.4 cm³/mol. The molecule has 2 N–H and O–H groups in total.